The number of rotatable bonds is 7. The molecule has 1 unspecified atom stereocenters. The Morgan fingerprint density at radius 1 is 1.06 bits per heavy atom. The Balaban J connectivity index is 1.44. The van der Waals surface area contributed by atoms with Crippen molar-refractivity contribution in [3.05, 3.63) is 101 Å². The summed E-state index contributed by atoms with van der Waals surface area (Å²) in [6.45, 7) is 0.482. The lowest BCUT2D eigenvalue weighted by Crippen LogP contribution is -2.37. The van der Waals surface area contributed by atoms with Gasteiger partial charge in [0.2, 0.25) is 5.91 Å². The minimum absolute atomic E-state index is 0.0150. The fourth-order valence-electron chi connectivity index (χ4n) is 4.52. The summed E-state index contributed by atoms with van der Waals surface area (Å²) in [6.07, 6.45) is 4.81. The molecule has 5 rings (SSSR count). The van der Waals surface area contributed by atoms with Crippen LogP contribution in [-0.2, 0) is 11.3 Å². The molecule has 2 saturated carbocycles. The van der Waals surface area contributed by atoms with Gasteiger partial charge in [0.1, 0.15) is 5.82 Å². The van der Waals surface area contributed by atoms with Gasteiger partial charge >= 0.3 is 0 Å². The van der Waals surface area contributed by atoms with Gasteiger partial charge in [-0.2, -0.15) is 0 Å². The number of carbonyl (C=O) groups excluding carboxylic acids is 1. The summed E-state index contributed by atoms with van der Waals surface area (Å²) in [7, 11) is 0. The number of pyridine rings is 1. The van der Waals surface area contributed by atoms with Gasteiger partial charge in [0.25, 0.3) is 0 Å². The molecule has 1 amide bonds. The van der Waals surface area contributed by atoms with Gasteiger partial charge in [-0.05, 0) is 78.6 Å². The minimum atomic E-state index is -0.249. The third-order valence-electron chi connectivity index (χ3n) is 6.36. The molecule has 0 radical (unpaired) electrons. The zero-order valence-electron chi connectivity index (χ0n) is 17.1. The van der Waals surface area contributed by atoms with Crippen molar-refractivity contribution in [3.8, 4) is 0 Å². The first-order valence-corrected chi connectivity index (χ1v) is 11.2. The van der Waals surface area contributed by atoms with Crippen LogP contribution in [0.5, 0.6) is 0 Å². The number of benzene rings is 2. The van der Waals surface area contributed by atoms with Crippen LogP contribution in [0.1, 0.15) is 48.0 Å². The molecule has 2 fully saturated rings. The molecule has 3 nitrogen and oxygen atoms in total. The van der Waals surface area contributed by atoms with E-state index in [0.717, 1.165) is 36.1 Å². The average Bonchev–Trinajstić information content (AvgIpc) is 3.70. The predicted molar refractivity (Wildman–Crippen MR) is 119 cm³/mol. The third-order valence-corrected chi connectivity index (χ3v) is 6.62. The van der Waals surface area contributed by atoms with E-state index in [-0.39, 0.29) is 29.6 Å². The first kappa shape index (κ1) is 20.2. The van der Waals surface area contributed by atoms with E-state index in [1.807, 2.05) is 47.4 Å². The molecule has 2 aliphatic rings. The molecule has 2 aromatic carbocycles. The van der Waals surface area contributed by atoms with E-state index in [1.54, 1.807) is 18.3 Å². The molecule has 0 saturated heterocycles. The van der Waals surface area contributed by atoms with E-state index in [1.165, 1.54) is 12.1 Å². The molecule has 1 aromatic heterocycles. The second-order valence-corrected chi connectivity index (χ2v) is 9.06. The summed E-state index contributed by atoms with van der Waals surface area (Å²) in [5.41, 5.74) is 3.04. The molecular weight excluding hydrogens is 411 g/mol. The monoisotopic (exact) mass is 434 g/mol. The van der Waals surface area contributed by atoms with Crippen LogP contribution in [-0.4, -0.2) is 15.8 Å². The molecule has 2 aliphatic carbocycles. The van der Waals surface area contributed by atoms with Gasteiger partial charge in [-0.3, -0.25) is 9.78 Å². The lowest BCUT2D eigenvalue weighted by Gasteiger charge is -2.33. The second kappa shape index (κ2) is 8.43. The number of carbonyl (C=O) groups is 1. The van der Waals surface area contributed by atoms with Crippen LogP contribution in [0.15, 0.2) is 72.9 Å². The number of amides is 1. The topological polar surface area (TPSA) is 33.2 Å². The van der Waals surface area contributed by atoms with Gasteiger partial charge in [0.05, 0.1) is 18.3 Å². The van der Waals surface area contributed by atoms with Crippen LogP contribution in [0.2, 0.25) is 5.02 Å². The van der Waals surface area contributed by atoms with E-state index < -0.39 is 0 Å². The van der Waals surface area contributed by atoms with Crippen molar-refractivity contribution in [2.75, 3.05) is 0 Å². The lowest BCUT2D eigenvalue weighted by atomic mass is 9.99. The Bertz CT molecular complexity index is 1050. The molecule has 158 valence electrons. The Morgan fingerprint density at radius 2 is 1.81 bits per heavy atom. The van der Waals surface area contributed by atoms with Gasteiger partial charge in [0.15, 0.2) is 0 Å². The first-order valence-electron chi connectivity index (χ1n) is 10.8. The molecule has 0 bridgehead atoms. The SMILES string of the molecule is O=C(C1C[C@H]1c1ccc(F)cc1)N(Cc1ccccn1)[C@@H](c1ccc(Cl)cc1)C1CC1. The van der Waals surface area contributed by atoms with Gasteiger partial charge in [-0.15, -0.1) is 0 Å². The zero-order chi connectivity index (χ0) is 21.4. The van der Waals surface area contributed by atoms with Crippen molar-refractivity contribution >= 4 is 17.5 Å². The largest absolute Gasteiger partial charge is 0.329 e. The van der Waals surface area contributed by atoms with E-state index in [9.17, 15) is 9.18 Å². The fraction of sp³-hybridized carbons (Fsp3) is 0.308. The highest BCUT2D eigenvalue weighted by Gasteiger charge is 2.49. The quantitative estimate of drug-likeness (QED) is 0.446. The van der Waals surface area contributed by atoms with E-state index in [2.05, 4.69) is 4.98 Å². The lowest BCUT2D eigenvalue weighted by molar-refractivity contribution is -0.136. The number of nitrogens with zero attached hydrogens (tertiary/aromatic N) is 2. The Labute approximate surface area is 186 Å². The number of hydrogen-bond donors (Lipinski definition) is 0. The van der Waals surface area contributed by atoms with Gasteiger partial charge in [0, 0.05) is 17.1 Å². The molecule has 5 heteroatoms. The first-order chi connectivity index (χ1) is 15.1. The van der Waals surface area contributed by atoms with E-state index >= 15 is 0 Å². The highest BCUT2D eigenvalue weighted by Crippen LogP contribution is 2.52. The van der Waals surface area contributed by atoms with Crippen molar-refractivity contribution in [1.82, 2.24) is 9.88 Å². The van der Waals surface area contributed by atoms with Crippen molar-refractivity contribution in [3.63, 3.8) is 0 Å². The van der Waals surface area contributed by atoms with E-state index in [0.29, 0.717) is 17.5 Å². The summed E-state index contributed by atoms with van der Waals surface area (Å²) in [5, 5.41) is 0.694. The van der Waals surface area contributed by atoms with Crippen LogP contribution in [0.4, 0.5) is 4.39 Å². The van der Waals surface area contributed by atoms with Crippen LogP contribution < -0.4 is 0 Å². The van der Waals surface area contributed by atoms with Gasteiger partial charge in [-0.25, -0.2) is 4.39 Å². The summed E-state index contributed by atoms with van der Waals surface area (Å²) in [4.78, 5) is 20.3. The van der Waals surface area contributed by atoms with Crippen molar-refractivity contribution in [2.45, 2.75) is 37.8 Å². The number of hydrogen-bond acceptors (Lipinski definition) is 2. The van der Waals surface area contributed by atoms with E-state index in [4.69, 9.17) is 11.6 Å². The smallest absolute Gasteiger partial charge is 0.227 e. The van der Waals surface area contributed by atoms with Gasteiger partial charge < -0.3 is 4.90 Å². The number of halogens is 2. The van der Waals surface area contributed by atoms with Crippen molar-refractivity contribution in [2.24, 2.45) is 11.8 Å². The highest BCUT2D eigenvalue weighted by atomic mass is 35.5. The minimum Gasteiger partial charge on any atom is -0.329 e. The Hall–Kier alpha value is -2.72. The molecule has 31 heavy (non-hydrogen) atoms. The maximum Gasteiger partial charge on any atom is 0.227 e. The maximum atomic E-state index is 13.8. The fourth-order valence-corrected chi connectivity index (χ4v) is 4.64. The van der Waals surface area contributed by atoms with Crippen LogP contribution >= 0.6 is 11.6 Å². The molecule has 0 aliphatic heterocycles. The molecular formula is C26H24ClFN2O. The summed E-state index contributed by atoms with van der Waals surface area (Å²) in [6, 6.07) is 20.2. The number of aromatic nitrogens is 1. The molecule has 1 heterocycles. The van der Waals surface area contributed by atoms with Crippen molar-refractivity contribution < 1.29 is 9.18 Å². The van der Waals surface area contributed by atoms with Crippen LogP contribution in [0.25, 0.3) is 0 Å². The predicted octanol–water partition coefficient (Wildman–Crippen LogP) is 6.16. The summed E-state index contributed by atoms with van der Waals surface area (Å²) in [5.74, 6) is 0.455. The normalized spacial score (nSPS) is 20.8. The summed E-state index contributed by atoms with van der Waals surface area (Å²) < 4.78 is 13.3. The second-order valence-electron chi connectivity index (χ2n) is 8.62. The van der Waals surface area contributed by atoms with Gasteiger partial charge in [-0.1, -0.05) is 41.9 Å². The van der Waals surface area contributed by atoms with Crippen LogP contribution in [0, 0.1) is 17.7 Å². The van der Waals surface area contributed by atoms with Crippen LogP contribution in [0.3, 0.4) is 0 Å². The van der Waals surface area contributed by atoms with Crippen molar-refractivity contribution in [1.29, 1.82) is 0 Å². The molecule has 0 spiro atoms. The molecule has 3 aromatic rings. The standard InChI is InChI=1S/C26H24ClFN2O/c27-20-10-6-19(7-11-20)25(18-4-5-18)30(16-22-3-1-2-14-29-22)26(31)24-15-23(24)17-8-12-21(28)13-9-17/h1-3,6-14,18,23-25H,4-5,15-16H2/t23-,24?,25+/m0/s1. The summed E-state index contributed by atoms with van der Waals surface area (Å²) >= 11 is 6.12. The third kappa shape index (κ3) is 4.49. The molecule has 0 N–H and O–H groups in total. The Morgan fingerprint density at radius 3 is 2.45 bits per heavy atom. The maximum absolute atomic E-state index is 13.8. The Kier molecular flexibility index (Phi) is 5.49. The average molecular weight is 435 g/mol. The highest BCUT2D eigenvalue weighted by molar-refractivity contribution is 6.30. The molecule has 3 atom stereocenters. The zero-order valence-corrected chi connectivity index (χ0v) is 17.9.